The number of carbonyl (C=O) groups is 2. The monoisotopic (exact) mass is 344 g/mol. The minimum absolute atomic E-state index is 0.134. The quantitative estimate of drug-likeness (QED) is 0.767. The van der Waals surface area contributed by atoms with Gasteiger partial charge in [0.1, 0.15) is 11.6 Å². The first kappa shape index (κ1) is 18.4. The molecular weight excluding hydrogens is 323 g/mol. The largest absolute Gasteiger partial charge is 0.497 e. The number of hydrogen-bond donors (Lipinski definition) is 2. The first-order valence-corrected chi connectivity index (χ1v) is 7.91. The van der Waals surface area contributed by atoms with Gasteiger partial charge >= 0.3 is 0 Å². The standard InChI is InChI=1S/C19H21FN2O3/c1-25-17-4-2-3-14(10-17)11-18(23)22-12-15(19(21)24)9-13-5-7-16(20)8-6-13/h2-8,10,15H,9,11-12H2,1H3,(H2,21,24)(H,22,23). The molecule has 132 valence electrons. The Morgan fingerprint density at radius 3 is 2.52 bits per heavy atom. The van der Waals surface area contributed by atoms with Gasteiger partial charge in [-0.05, 0) is 41.8 Å². The Balaban J connectivity index is 1.90. The first-order valence-electron chi connectivity index (χ1n) is 7.91. The van der Waals surface area contributed by atoms with E-state index in [1.807, 2.05) is 12.1 Å². The molecule has 0 saturated heterocycles. The smallest absolute Gasteiger partial charge is 0.224 e. The van der Waals surface area contributed by atoms with Crippen molar-refractivity contribution < 1.29 is 18.7 Å². The van der Waals surface area contributed by atoms with E-state index in [1.54, 1.807) is 31.4 Å². The number of primary amides is 1. The summed E-state index contributed by atoms with van der Waals surface area (Å²) in [6.45, 7) is 0.134. The van der Waals surface area contributed by atoms with Crippen LogP contribution in [0.4, 0.5) is 4.39 Å². The second-order valence-electron chi connectivity index (χ2n) is 5.76. The van der Waals surface area contributed by atoms with Crippen molar-refractivity contribution in [3.05, 3.63) is 65.5 Å². The number of hydrogen-bond acceptors (Lipinski definition) is 3. The van der Waals surface area contributed by atoms with Crippen molar-refractivity contribution in [3.63, 3.8) is 0 Å². The molecular formula is C19H21FN2O3. The average Bonchev–Trinajstić information content (AvgIpc) is 2.60. The normalized spacial score (nSPS) is 11.6. The van der Waals surface area contributed by atoms with Gasteiger partial charge in [0.25, 0.3) is 0 Å². The number of halogens is 1. The lowest BCUT2D eigenvalue weighted by molar-refractivity contribution is -0.123. The van der Waals surface area contributed by atoms with Gasteiger partial charge in [0, 0.05) is 6.54 Å². The lowest BCUT2D eigenvalue weighted by Gasteiger charge is -2.14. The molecule has 0 aromatic heterocycles. The maximum absolute atomic E-state index is 12.9. The minimum atomic E-state index is -0.556. The van der Waals surface area contributed by atoms with E-state index >= 15 is 0 Å². The van der Waals surface area contributed by atoms with Gasteiger partial charge in [-0.15, -0.1) is 0 Å². The predicted octanol–water partition coefficient (Wildman–Crippen LogP) is 1.84. The van der Waals surface area contributed by atoms with Crippen LogP contribution in [0.5, 0.6) is 5.75 Å². The molecule has 5 nitrogen and oxygen atoms in total. The van der Waals surface area contributed by atoms with E-state index < -0.39 is 11.8 Å². The maximum atomic E-state index is 12.9. The Kier molecular flexibility index (Phi) is 6.51. The molecule has 0 aliphatic heterocycles. The molecule has 2 aromatic rings. The summed E-state index contributed by atoms with van der Waals surface area (Å²) >= 11 is 0. The predicted molar refractivity (Wildman–Crippen MR) is 92.5 cm³/mol. The number of nitrogens with one attached hydrogen (secondary N) is 1. The molecule has 3 N–H and O–H groups in total. The van der Waals surface area contributed by atoms with E-state index in [1.165, 1.54) is 12.1 Å². The molecule has 2 rings (SSSR count). The van der Waals surface area contributed by atoms with Gasteiger partial charge in [0.2, 0.25) is 11.8 Å². The zero-order chi connectivity index (χ0) is 18.2. The second kappa shape index (κ2) is 8.82. The third kappa shape index (κ3) is 5.91. The number of nitrogens with two attached hydrogens (primary N) is 1. The van der Waals surface area contributed by atoms with Crippen molar-refractivity contribution in [1.82, 2.24) is 5.32 Å². The van der Waals surface area contributed by atoms with Crippen molar-refractivity contribution in [2.24, 2.45) is 11.7 Å². The molecule has 0 saturated carbocycles. The Bertz CT molecular complexity index is 732. The highest BCUT2D eigenvalue weighted by Gasteiger charge is 2.17. The summed E-state index contributed by atoms with van der Waals surface area (Å²) < 4.78 is 18.1. The van der Waals surface area contributed by atoms with Crippen LogP contribution >= 0.6 is 0 Å². The summed E-state index contributed by atoms with van der Waals surface area (Å²) in [7, 11) is 1.56. The van der Waals surface area contributed by atoms with Crippen molar-refractivity contribution in [2.45, 2.75) is 12.8 Å². The molecule has 1 atom stereocenters. The first-order chi connectivity index (χ1) is 12.0. The highest BCUT2D eigenvalue weighted by molar-refractivity contribution is 5.81. The number of benzene rings is 2. The average molecular weight is 344 g/mol. The molecule has 6 heteroatoms. The molecule has 0 fully saturated rings. The molecule has 25 heavy (non-hydrogen) atoms. The van der Waals surface area contributed by atoms with E-state index in [4.69, 9.17) is 10.5 Å². The summed E-state index contributed by atoms with van der Waals surface area (Å²) in [6, 6.07) is 13.1. The molecule has 2 aromatic carbocycles. The third-order valence-electron chi connectivity index (χ3n) is 3.84. The van der Waals surface area contributed by atoms with Crippen molar-refractivity contribution in [2.75, 3.05) is 13.7 Å². The van der Waals surface area contributed by atoms with E-state index in [-0.39, 0.29) is 24.7 Å². The highest BCUT2D eigenvalue weighted by atomic mass is 19.1. The van der Waals surface area contributed by atoms with Gasteiger partial charge in [0.15, 0.2) is 0 Å². The number of carbonyl (C=O) groups excluding carboxylic acids is 2. The Labute approximate surface area is 146 Å². The fourth-order valence-corrected chi connectivity index (χ4v) is 2.45. The van der Waals surface area contributed by atoms with Crippen LogP contribution in [0.2, 0.25) is 0 Å². The molecule has 2 amide bonds. The van der Waals surface area contributed by atoms with Gasteiger partial charge in [-0.3, -0.25) is 9.59 Å². The van der Waals surface area contributed by atoms with Gasteiger partial charge < -0.3 is 15.8 Å². The second-order valence-corrected chi connectivity index (χ2v) is 5.76. The number of methoxy groups -OCH3 is 1. The molecule has 0 spiro atoms. The lowest BCUT2D eigenvalue weighted by Crippen LogP contribution is -2.37. The Morgan fingerprint density at radius 1 is 1.16 bits per heavy atom. The van der Waals surface area contributed by atoms with E-state index in [0.29, 0.717) is 12.2 Å². The van der Waals surface area contributed by atoms with Crippen LogP contribution in [-0.4, -0.2) is 25.5 Å². The van der Waals surface area contributed by atoms with Crippen LogP contribution in [0, 0.1) is 11.7 Å². The Morgan fingerprint density at radius 2 is 1.88 bits per heavy atom. The molecule has 0 radical (unpaired) electrons. The summed E-state index contributed by atoms with van der Waals surface area (Å²) in [5, 5.41) is 2.73. The molecule has 0 aliphatic rings. The zero-order valence-corrected chi connectivity index (χ0v) is 14.0. The summed E-state index contributed by atoms with van der Waals surface area (Å²) in [5.74, 6) is -0.938. The van der Waals surface area contributed by atoms with Gasteiger partial charge in [-0.2, -0.15) is 0 Å². The van der Waals surface area contributed by atoms with Gasteiger partial charge in [0.05, 0.1) is 19.4 Å². The molecule has 0 bridgehead atoms. The SMILES string of the molecule is COc1cccc(CC(=O)NCC(Cc2ccc(F)cc2)C(N)=O)c1. The van der Waals surface area contributed by atoms with Crippen molar-refractivity contribution in [1.29, 1.82) is 0 Å². The number of amides is 2. The number of ether oxygens (including phenoxy) is 1. The van der Waals surface area contributed by atoms with Crippen LogP contribution in [-0.2, 0) is 22.4 Å². The minimum Gasteiger partial charge on any atom is -0.497 e. The van der Waals surface area contributed by atoms with E-state index in [2.05, 4.69) is 5.32 Å². The van der Waals surface area contributed by atoms with Crippen LogP contribution in [0.3, 0.4) is 0 Å². The highest BCUT2D eigenvalue weighted by Crippen LogP contribution is 2.13. The maximum Gasteiger partial charge on any atom is 0.224 e. The van der Waals surface area contributed by atoms with Crippen LogP contribution in [0.25, 0.3) is 0 Å². The van der Waals surface area contributed by atoms with Crippen molar-refractivity contribution >= 4 is 11.8 Å². The van der Waals surface area contributed by atoms with Crippen molar-refractivity contribution in [3.8, 4) is 5.75 Å². The van der Waals surface area contributed by atoms with Crippen LogP contribution in [0.15, 0.2) is 48.5 Å². The topological polar surface area (TPSA) is 81.4 Å². The molecule has 0 aliphatic carbocycles. The summed E-state index contributed by atoms with van der Waals surface area (Å²) in [4.78, 5) is 23.7. The van der Waals surface area contributed by atoms with Crippen LogP contribution < -0.4 is 15.8 Å². The zero-order valence-electron chi connectivity index (χ0n) is 14.0. The van der Waals surface area contributed by atoms with E-state index in [0.717, 1.165) is 11.1 Å². The summed E-state index contributed by atoms with van der Waals surface area (Å²) in [6.07, 6.45) is 0.522. The fourth-order valence-electron chi connectivity index (χ4n) is 2.45. The molecule has 1 unspecified atom stereocenters. The third-order valence-corrected chi connectivity index (χ3v) is 3.84. The fraction of sp³-hybridized carbons (Fsp3) is 0.263. The van der Waals surface area contributed by atoms with Gasteiger partial charge in [-0.1, -0.05) is 24.3 Å². The Hall–Kier alpha value is -2.89. The lowest BCUT2D eigenvalue weighted by atomic mass is 9.98. The van der Waals surface area contributed by atoms with Crippen LogP contribution in [0.1, 0.15) is 11.1 Å². The number of rotatable bonds is 8. The van der Waals surface area contributed by atoms with E-state index in [9.17, 15) is 14.0 Å². The van der Waals surface area contributed by atoms with Gasteiger partial charge in [-0.25, -0.2) is 4.39 Å². The molecule has 0 heterocycles. The summed E-state index contributed by atoms with van der Waals surface area (Å²) in [5.41, 5.74) is 7.01.